The van der Waals surface area contributed by atoms with E-state index in [0.29, 0.717) is 25.4 Å². The van der Waals surface area contributed by atoms with Crippen molar-refractivity contribution in [1.29, 1.82) is 0 Å². The molecule has 0 radical (unpaired) electrons. The number of carbonyl (C=O) groups is 2. The highest BCUT2D eigenvalue weighted by atomic mass is 16.5. The Morgan fingerprint density at radius 3 is 2.22 bits per heavy atom. The van der Waals surface area contributed by atoms with Crippen LogP contribution < -0.4 is 20.3 Å². The number of ether oxygens (including phenoxy) is 1. The molecule has 0 saturated carbocycles. The highest BCUT2D eigenvalue weighted by Gasteiger charge is 2.30. The smallest absolute Gasteiger partial charge is 0.325 e. The van der Waals surface area contributed by atoms with E-state index in [9.17, 15) is 9.59 Å². The normalized spacial score (nSPS) is 13.2. The van der Waals surface area contributed by atoms with Crippen LogP contribution in [0.3, 0.4) is 0 Å². The molecule has 0 unspecified atom stereocenters. The SMILES string of the molecule is CCOc1ccc(N2CCN(CC(=O)Nc3ccc(Nc4ccccc4)cc3)C2=O)cc1. The quantitative estimate of drug-likeness (QED) is 0.543. The Morgan fingerprint density at radius 1 is 0.875 bits per heavy atom. The third kappa shape index (κ3) is 5.18. The van der Waals surface area contributed by atoms with Crippen molar-refractivity contribution in [2.45, 2.75) is 6.92 Å². The van der Waals surface area contributed by atoms with Crippen molar-refractivity contribution < 1.29 is 14.3 Å². The molecule has 7 heteroatoms. The topological polar surface area (TPSA) is 73.9 Å². The van der Waals surface area contributed by atoms with Gasteiger partial charge in [0.25, 0.3) is 0 Å². The van der Waals surface area contributed by atoms with Crippen molar-refractivity contribution >= 4 is 34.7 Å². The minimum Gasteiger partial charge on any atom is -0.494 e. The van der Waals surface area contributed by atoms with E-state index in [-0.39, 0.29) is 18.5 Å². The largest absolute Gasteiger partial charge is 0.494 e. The van der Waals surface area contributed by atoms with Crippen LogP contribution >= 0.6 is 0 Å². The summed E-state index contributed by atoms with van der Waals surface area (Å²) in [7, 11) is 0. The zero-order valence-corrected chi connectivity index (χ0v) is 18.0. The number of benzene rings is 3. The molecule has 0 bridgehead atoms. The summed E-state index contributed by atoms with van der Waals surface area (Å²) in [5.41, 5.74) is 3.40. The van der Waals surface area contributed by atoms with Crippen molar-refractivity contribution in [3.63, 3.8) is 0 Å². The Kier molecular flexibility index (Phi) is 6.55. The molecule has 32 heavy (non-hydrogen) atoms. The van der Waals surface area contributed by atoms with E-state index in [0.717, 1.165) is 22.8 Å². The first-order chi connectivity index (χ1) is 15.6. The summed E-state index contributed by atoms with van der Waals surface area (Å²) in [5.74, 6) is 0.541. The molecule has 2 N–H and O–H groups in total. The van der Waals surface area contributed by atoms with Gasteiger partial charge in [0.1, 0.15) is 12.3 Å². The first-order valence-corrected chi connectivity index (χ1v) is 10.6. The second-order valence-corrected chi connectivity index (χ2v) is 7.40. The van der Waals surface area contributed by atoms with E-state index in [1.807, 2.05) is 85.8 Å². The number of urea groups is 1. The fraction of sp³-hybridized carbons (Fsp3) is 0.200. The molecule has 7 nitrogen and oxygen atoms in total. The van der Waals surface area contributed by atoms with Crippen molar-refractivity contribution in [3.05, 3.63) is 78.9 Å². The van der Waals surface area contributed by atoms with Crippen LogP contribution in [0.15, 0.2) is 78.9 Å². The lowest BCUT2D eigenvalue weighted by molar-refractivity contribution is -0.116. The standard InChI is InChI=1S/C25H26N4O3/c1-2-32-23-14-12-22(13-15-23)29-17-16-28(25(29)31)18-24(30)27-21-10-8-20(9-11-21)26-19-6-4-3-5-7-19/h3-15,26H,2,16-18H2,1H3,(H,27,30). The molecule has 0 spiro atoms. The second-order valence-electron chi connectivity index (χ2n) is 7.40. The van der Waals surface area contributed by atoms with Crippen molar-refractivity contribution in [3.8, 4) is 5.75 Å². The van der Waals surface area contributed by atoms with Gasteiger partial charge in [-0.1, -0.05) is 18.2 Å². The Balaban J connectivity index is 1.30. The number of hydrogen-bond donors (Lipinski definition) is 2. The maximum absolute atomic E-state index is 12.8. The molecule has 0 aliphatic carbocycles. The lowest BCUT2D eigenvalue weighted by Gasteiger charge is -2.19. The number of nitrogens with one attached hydrogen (secondary N) is 2. The van der Waals surface area contributed by atoms with Crippen LogP contribution in [0.4, 0.5) is 27.5 Å². The Bertz CT molecular complexity index is 1050. The fourth-order valence-corrected chi connectivity index (χ4v) is 3.56. The van der Waals surface area contributed by atoms with E-state index in [2.05, 4.69) is 10.6 Å². The predicted molar refractivity (Wildman–Crippen MR) is 127 cm³/mol. The first kappa shape index (κ1) is 21.2. The van der Waals surface area contributed by atoms with Crippen molar-refractivity contribution in [2.24, 2.45) is 0 Å². The van der Waals surface area contributed by atoms with Gasteiger partial charge in [-0.2, -0.15) is 0 Å². The molecule has 3 amide bonds. The number of para-hydroxylation sites is 1. The van der Waals surface area contributed by atoms with Gasteiger partial charge >= 0.3 is 6.03 Å². The molecule has 0 aromatic heterocycles. The second kappa shape index (κ2) is 9.87. The van der Waals surface area contributed by atoms with E-state index >= 15 is 0 Å². The van der Waals surface area contributed by atoms with Crippen LogP contribution in [-0.2, 0) is 4.79 Å². The zero-order valence-electron chi connectivity index (χ0n) is 18.0. The van der Waals surface area contributed by atoms with Gasteiger partial charge in [-0.25, -0.2) is 4.79 Å². The van der Waals surface area contributed by atoms with Crippen molar-refractivity contribution in [1.82, 2.24) is 4.90 Å². The van der Waals surface area contributed by atoms with E-state index in [1.165, 1.54) is 0 Å². The summed E-state index contributed by atoms with van der Waals surface area (Å²) in [6.07, 6.45) is 0. The number of carbonyl (C=O) groups excluding carboxylic acids is 2. The van der Waals surface area contributed by atoms with Crippen LogP contribution in [0.1, 0.15) is 6.92 Å². The van der Waals surface area contributed by atoms with E-state index in [1.54, 1.807) is 9.80 Å². The Labute approximate surface area is 187 Å². The molecular weight excluding hydrogens is 404 g/mol. The maximum atomic E-state index is 12.8. The summed E-state index contributed by atoms with van der Waals surface area (Å²) < 4.78 is 5.45. The Morgan fingerprint density at radius 2 is 1.53 bits per heavy atom. The van der Waals surface area contributed by atoms with Gasteiger partial charge in [-0.15, -0.1) is 0 Å². The molecule has 4 rings (SSSR count). The number of anilines is 4. The van der Waals surface area contributed by atoms with E-state index in [4.69, 9.17) is 4.74 Å². The minimum atomic E-state index is -0.226. The van der Waals surface area contributed by atoms with Crippen LogP contribution in [0.25, 0.3) is 0 Å². The third-order valence-corrected chi connectivity index (χ3v) is 5.12. The number of hydrogen-bond acceptors (Lipinski definition) is 4. The average molecular weight is 431 g/mol. The van der Waals surface area contributed by atoms with Crippen LogP contribution in [0, 0.1) is 0 Å². The number of nitrogens with zero attached hydrogens (tertiary/aromatic N) is 2. The maximum Gasteiger partial charge on any atom is 0.325 e. The third-order valence-electron chi connectivity index (χ3n) is 5.12. The first-order valence-electron chi connectivity index (χ1n) is 10.6. The molecule has 164 valence electrons. The average Bonchev–Trinajstić information content (AvgIpc) is 3.16. The van der Waals surface area contributed by atoms with E-state index < -0.39 is 0 Å². The molecule has 3 aromatic carbocycles. The van der Waals surface area contributed by atoms with Gasteiger partial charge in [-0.3, -0.25) is 9.69 Å². The van der Waals surface area contributed by atoms with Crippen LogP contribution in [0.5, 0.6) is 5.75 Å². The monoisotopic (exact) mass is 430 g/mol. The molecule has 1 aliphatic rings. The highest BCUT2D eigenvalue weighted by molar-refractivity contribution is 5.99. The molecule has 1 heterocycles. The number of amides is 3. The lowest BCUT2D eigenvalue weighted by Crippen LogP contribution is -2.37. The van der Waals surface area contributed by atoms with Gasteiger partial charge in [0.05, 0.1) is 6.61 Å². The molecule has 0 atom stereocenters. The van der Waals surface area contributed by atoms with Crippen molar-refractivity contribution in [2.75, 3.05) is 41.8 Å². The fourth-order valence-electron chi connectivity index (χ4n) is 3.56. The molecule has 1 saturated heterocycles. The predicted octanol–water partition coefficient (Wildman–Crippen LogP) is 4.71. The van der Waals surface area contributed by atoms with Gasteiger partial charge in [0.15, 0.2) is 0 Å². The molecule has 1 aliphatic heterocycles. The summed E-state index contributed by atoms with van der Waals surface area (Å²) in [6.45, 7) is 3.57. The minimum absolute atomic E-state index is 0.0103. The highest BCUT2D eigenvalue weighted by Crippen LogP contribution is 2.24. The summed E-state index contributed by atoms with van der Waals surface area (Å²) in [4.78, 5) is 28.5. The molecule has 1 fully saturated rings. The molecular formula is C25H26N4O3. The van der Waals surface area contributed by atoms with Gasteiger partial charge < -0.3 is 20.3 Å². The van der Waals surface area contributed by atoms with Crippen LogP contribution in [0.2, 0.25) is 0 Å². The number of rotatable bonds is 8. The summed E-state index contributed by atoms with van der Waals surface area (Å²) in [5, 5.41) is 6.16. The molecule has 3 aromatic rings. The summed E-state index contributed by atoms with van der Waals surface area (Å²) >= 11 is 0. The Hall–Kier alpha value is -4.00. The van der Waals surface area contributed by atoms with Gasteiger partial charge in [-0.05, 0) is 67.6 Å². The van der Waals surface area contributed by atoms with Gasteiger partial charge in [0.2, 0.25) is 5.91 Å². The zero-order chi connectivity index (χ0) is 22.3. The summed E-state index contributed by atoms with van der Waals surface area (Å²) in [6, 6.07) is 24.6. The van der Waals surface area contributed by atoms with Gasteiger partial charge in [0, 0.05) is 35.8 Å². The lowest BCUT2D eigenvalue weighted by atomic mass is 10.2. The van der Waals surface area contributed by atoms with Crippen LogP contribution in [-0.4, -0.2) is 43.1 Å².